The Hall–Kier alpha value is -7.26. The summed E-state index contributed by atoms with van der Waals surface area (Å²) in [5.74, 6) is 0. The molecule has 2 heteroatoms. The van der Waals surface area contributed by atoms with Gasteiger partial charge in [-0.25, -0.2) is 0 Å². The molecule has 0 fully saturated rings. The Morgan fingerprint density at radius 1 is 0.310 bits per heavy atom. The molecule has 0 unspecified atom stereocenters. The van der Waals surface area contributed by atoms with Gasteiger partial charge < -0.3 is 4.42 Å². The van der Waals surface area contributed by atoms with E-state index in [4.69, 9.17) is 4.42 Å². The van der Waals surface area contributed by atoms with Crippen LogP contribution >= 0.6 is 11.3 Å². The minimum atomic E-state index is 0.928. The number of benzene rings is 11. The van der Waals surface area contributed by atoms with Crippen molar-refractivity contribution in [3.8, 4) is 33.4 Å². The normalized spacial score (nSPS) is 12.1. The van der Waals surface area contributed by atoms with Crippen molar-refractivity contribution >= 4 is 107 Å². The van der Waals surface area contributed by atoms with Crippen LogP contribution in [0.25, 0.3) is 129 Å². The quantitative estimate of drug-likeness (QED) is 0.164. The zero-order valence-corrected chi connectivity index (χ0v) is 32.1. The molecule has 13 aromatic rings. The molecule has 268 valence electrons. The van der Waals surface area contributed by atoms with Crippen LogP contribution in [0, 0.1) is 0 Å². The van der Waals surface area contributed by atoms with Gasteiger partial charge in [-0.1, -0.05) is 164 Å². The van der Waals surface area contributed by atoms with E-state index in [1.165, 1.54) is 118 Å². The molecule has 0 atom stereocenters. The molecule has 0 aliphatic carbocycles. The third-order valence-electron chi connectivity index (χ3n) is 12.4. The Morgan fingerprint density at radius 3 is 1.57 bits per heavy atom. The molecule has 0 aliphatic heterocycles. The summed E-state index contributed by atoms with van der Waals surface area (Å²) in [5.41, 5.74) is 9.45. The van der Waals surface area contributed by atoms with Crippen LogP contribution in [0.2, 0.25) is 0 Å². The number of fused-ring (bicyclic) bond motifs is 12. The molecule has 0 saturated carbocycles. The fourth-order valence-electron chi connectivity index (χ4n) is 9.96. The molecule has 2 heterocycles. The van der Waals surface area contributed by atoms with Crippen LogP contribution < -0.4 is 0 Å². The summed E-state index contributed by atoms with van der Waals surface area (Å²) in [5, 5.41) is 17.5. The van der Waals surface area contributed by atoms with Gasteiger partial charge in [0.25, 0.3) is 0 Å². The Morgan fingerprint density at radius 2 is 0.862 bits per heavy atom. The molecule has 2 aromatic heterocycles. The summed E-state index contributed by atoms with van der Waals surface area (Å²) >= 11 is 1.90. The Labute approximate surface area is 337 Å². The second kappa shape index (κ2) is 12.1. The predicted octanol–water partition coefficient (Wildman–Crippen LogP) is 16.7. The lowest BCUT2D eigenvalue weighted by molar-refractivity contribution is 0.669. The van der Waals surface area contributed by atoms with E-state index in [-0.39, 0.29) is 0 Å². The zero-order valence-electron chi connectivity index (χ0n) is 31.3. The van der Waals surface area contributed by atoms with E-state index in [1.807, 2.05) is 11.3 Å². The van der Waals surface area contributed by atoms with Crippen LogP contribution in [0.5, 0.6) is 0 Å². The second-order valence-corrected chi connectivity index (χ2v) is 16.5. The monoisotopic (exact) mass is 752 g/mol. The number of thiophene rings is 1. The molecule has 58 heavy (non-hydrogen) atoms. The van der Waals surface area contributed by atoms with Crippen molar-refractivity contribution in [1.29, 1.82) is 0 Å². The maximum atomic E-state index is 6.41. The lowest BCUT2D eigenvalue weighted by Crippen LogP contribution is -1.93. The SMILES string of the molecule is c1ccc2cc(-c3c4ccccc4c(-c4ccc(-c5c6ccccc6cc6c5sc5ccc7oc8ccccc8c7c56)c5ccccc45)c4ccccc34)ccc2c1. The standard InChI is InChI=1S/C56H32OS/c1-2-14-34-31-36(26-25-33(34)13-1)51-40-19-7-9-21-42(40)52(43-22-10-8-20-41(43)51)44-27-28-45(39-18-6-5-17-38(39)44)53-37-16-4-3-15-35(37)32-47-55-50(58-56(47)53)30-29-49-54(55)46-23-11-12-24-48(46)57-49/h1-32H. The fourth-order valence-corrected chi connectivity index (χ4v) is 11.2. The molecule has 1 nitrogen and oxygen atoms in total. The summed E-state index contributed by atoms with van der Waals surface area (Å²) in [6, 6.07) is 71.5. The second-order valence-electron chi connectivity index (χ2n) is 15.5. The molecule has 13 rings (SSSR count). The summed E-state index contributed by atoms with van der Waals surface area (Å²) < 4.78 is 8.99. The van der Waals surface area contributed by atoms with E-state index in [9.17, 15) is 0 Å². The van der Waals surface area contributed by atoms with Crippen molar-refractivity contribution in [3.63, 3.8) is 0 Å². The van der Waals surface area contributed by atoms with Crippen LogP contribution in [-0.2, 0) is 0 Å². The maximum Gasteiger partial charge on any atom is 0.136 e. The van der Waals surface area contributed by atoms with Crippen molar-refractivity contribution in [1.82, 2.24) is 0 Å². The number of hydrogen-bond donors (Lipinski definition) is 0. The van der Waals surface area contributed by atoms with Gasteiger partial charge in [-0.2, -0.15) is 0 Å². The number of para-hydroxylation sites is 1. The van der Waals surface area contributed by atoms with Crippen molar-refractivity contribution in [3.05, 3.63) is 194 Å². The summed E-state index contributed by atoms with van der Waals surface area (Å²) in [4.78, 5) is 0. The molecule has 0 aliphatic rings. The summed E-state index contributed by atoms with van der Waals surface area (Å²) in [7, 11) is 0. The van der Waals surface area contributed by atoms with Gasteiger partial charge in [-0.05, 0) is 112 Å². The first-order valence-corrected chi connectivity index (χ1v) is 20.7. The van der Waals surface area contributed by atoms with Crippen molar-refractivity contribution in [2.75, 3.05) is 0 Å². The largest absolute Gasteiger partial charge is 0.456 e. The van der Waals surface area contributed by atoms with Gasteiger partial charge in [-0.15, -0.1) is 11.3 Å². The van der Waals surface area contributed by atoms with Crippen LogP contribution in [-0.4, -0.2) is 0 Å². The van der Waals surface area contributed by atoms with E-state index in [0.717, 1.165) is 11.2 Å². The third-order valence-corrected chi connectivity index (χ3v) is 13.6. The molecular weight excluding hydrogens is 721 g/mol. The van der Waals surface area contributed by atoms with E-state index >= 15 is 0 Å². The van der Waals surface area contributed by atoms with E-state index < -0.39 is 0 Å². The molecule has 0 bridgehead atoms. The van der Waals surface area contributed by atoms with Crippen LogP contribution in [0.1, 0.15) is 0 Å². The van der Waals surface area contributed by atoms with E-state index in [2.05, 4.69) is 194 Å². The smallest absolute Gasteiger partial charge is 0.136 e. The molecule has 11 aromatic carbocycles. The van der Waals surface area contributed by atoms with Crippen LogP contribution in [0.4, 0.5) is 0 Å². The molecule has 0 spiro atoms. The van der Waals surface area contributed by atoms with E-state index in [0.29, 0.717) is 0 Å². The van der Waals surface area contributed by atoms with Gasteiger partial charge in [0.05, 0.1) is 0 Å². The number of hydrogen-bond acceptors (Lipinski definition) is 2. The minimum absolute atomic E-state index is 0.928. The van der Waals surface area contributed by atoms with Crippen molar-refractivity contribution in [2.45, 2.75) is 0 Å². The van der Waals surface area contributed by atoms with Gasteiger partial charge in [0.2, 0.25) is 0 Å². The van der Waals surface area contributed by atoms with Crippen LogP contribution in [0.3, 0.4) is 0 Å². The topological polar surface area (TPSA) is 13.1 Å². The molecular formula is C56H32OS. The highest BCUT2D eigenvalue weighted by atomic mass is 32.1. The Kier molecular flexibility index (Phi) is 6.66. The highest BCUT2D eigenvalue weighted by Gasteiger charge is 2.23. The van der Waals surface area contributed by atoms with Gasteiger partial charge in [-0.3, -0.25) is 0 Å². The van der Waals surface area contributed by atoms with Gasteiger partial charge in [0, 0.05) is 36.5 Å². The molecule has 0 radical (unpaired) electrons. The highest BCUT2D eigenvalue weighted by molar-refractivity contribution is 7.26. The van der Waals surface area contributed by atoms with Gasteiger partial charge in [0.1, 0.15) is 11.2 Å². The third kappa shape index (κ3) is 4.46. The van der Waals surface area contributed by atoms with Gasteiger partial charge >= 0.3 is 0 Å². The number of rotatable bonds is 3. The Bertz CT molecular complexity index is 3810. The average molecular weight is 753 g/mol. The Balaban J connectivity index is 1.12. The first-order chi connectivity index (χ1) is 28.8. The summed E-state index contributed by atoms with van der Waals surface area (Å²) in [6.07, 6.45) is 0. The fraction of sp³-hybridized carbons (Fsp3) is 0. The van der Waals surface area contributed by atoms with E-state index in [1.54, 1.807) is 0 Å². The molecule has 0 N–H and O–H groups in total. The van der Waals surface area contributed by atoms with Crippen LogP contribution in [0.15, 0.2) is 199 Å². The predicted molar refractivity (Wildman–Crippen MR) is 250 cm³/mol. The average Bonchev–Trinajstić information content (AvgIpc) is 3.85. The zero-order chi connectivity index (χ0) is 37.9. The first-order valence-electron chi connectivity index (χ1n) is 19.9. The van der Waals surface area contributed by atoms with Gasteiger partial charge in [0.15, 0.2) is 0 Å². The number of furan rings is 1. The minimum Gasteiger partial charge on any atom is -0.456 e. The molecule has 0 saturated heterocycles. The summed E-state index contributed by atoms with van der Waals surface area (Å²) in [6.45, 7) is 0. The lowest BCUT2D eigenvalue weighted by atomic mass is 9.83. The van der Waals surface area contributed by atoms with Crippen molar-refractivity contribution < 1.29 is 4.42 Å². The first kappa shape index (κ1) is 31.9. The lowest BCUT2D eigenvalue weighted by Gasteiger charge is -2.20. The molecule has 0 amide bonds. The maximum absolute atomic E-state index is 6.41. The highest BCUT2D eigenvalue weighted by Crippen LogP contribution is 2.51. The van der Waals surface area contributed by atoms with Crippen molar-refractivity contribution in [2.24, 2.45) is 0 Å².